The molecule has 2 heterocycles. The number of nitrogens with zero attached hydrogens (tertiary/aromatic N) is 4. The number of halogens is 1. The minimum Gasteiger partial charge on any atom is -0.324 e. The van der Waals surface area contributed by atoms with E-state index >= 15 is 0 Å². The summed E-state index contributed by atoms with van der Waals surface area (Å²) in [5.41, 5.74) is 3.27. The largest absolute Gasteiger partial charge is 0.324 e. The third-order valence-corrected chi connectivity index (χ3v) is 6.46. The molecule has 6 nitrogen and oxygen atoms in total. The van der Waals surface area contributed by atoms with Crippen molar-refractivity contribution in [2.24, 2.45) is 0 Å². The number of hydrogen-bond acceptors (Lipinski definition) is 3. The highest BCUT2D eigenvalue weighted by Gasteiger charge is 2.37. The molecule has 4 aromatic rings. The first-order valence-corrected chi connectivity index (χ1v) is 11.9. The molecule has 0 atom stereocenters. The van der Waals surface area contributed by atoms with Crippen molar-refractivity contribution in [2.75, 3.05) is 11.4 Å². The van der Waals surface area contributed by atoms with Gasteiger partial charge in [0.05, 0.1) is 13.1 Å². The van der Waals surface area contributed by atoms with Gasteiger partial charge in [0.25, 0.3) is 5.91 Å². The highest BCUT2D eigenvalue weighted by molar-refractivity contribution is 9.10. The minimum atomic E-state index is -0.254. The van der Waals surface area contributed by atoms with Gasteiger partial charge in [0, 0.05) is 6.54 Å². The van der Waals surface area contributed by atoms with Gasteiger partial charge < -0.3 is 4.90 Å². The lowest BCUT2D eigenvalue weighted by atomic mass is 10.2. The van der Waals surface area contributed by atoms with Crippen molar-refractivity contribution < 1.29 is 9.59 Å². The second-order valence-corrected chi connectivity index (χ2v) is 8.95. The Balaban J connectivity index is 1.59. The molecule has 0 bridgehead atoms. The van der Waals surface area contributed by atoms with E-state index in [0.29, 0.717) is 30.2 Å². The Morgan fingerprint density at radius 3 is 1.76 bits per heavy atom. The summed E-state index contributed by atoms with van der Waals surface area (Å²) in [7, 11) is 0. The van der Waals surface area contributed by atoms with Crippen molar-refractivity contribution in [2.45, 2.75) is 19.6 Å². The third kappa shape index (κ3) is 4.52. The van der Waals surface area contributed by atoms with E-state index in [9.17, 15) is 9.59 Å². The van der Waals surface area contributed by atoms with Gasteiger partial charge in [-0.2, -0.15) is 0 Å². The monoisotopic (exact) mass is 514 g/mol. The molecular weight excluding hydrogens is 492 g/mol. The van der Waals surface area contributed by atoms with Crippen LogP contribution < -0.4 is 4.90 Å². The van der Waals surface area contributed by atoms with E-state index < -0.39 is 0 Å². The molecule has 2 amide bonds. The summed E-state index contributed by atoms with van der Waals surface area (Å²) in [6.45, 7) is 1.16. The Morgan fingerprint density at radius 1 is 0.706 bits per heavy atom. The molecule has 0 saturated heterocycles. The zero-order valence-electron chi connectivity index (χ0n) is 18.5. The summed E-state index contributed by atoms with van der Waals surface area (Å²) in [6.07, 6.45) is 0. The molecule has 1 aliphatic heterocycles. The van der Waals surface area contributed by atoms with E-state index in [1.807, 2.05) is 95.6 Å². The molecule has 170 valence electrons. The van der Waals surface area contributed by atoms with Crippen LogP contribution in [0.1, 0.15) is 27.2 Å². The van der Waals surface area contributed by atoms with Gasteiger partial charge in [0.1, 0.15) is 12.4 Å². The van der Waals surface area contributed by atoms with Crippen molar-refractivity contribution in [3.63, 3.8) is 0 Å². The predicted molar refractivity (Wildman–Crippen MR) is 134 cm³/mol. The lowest BCUT2D eigenvalue weighted by Crippen LogP contribution is -2.39. The minimum absolute atomic E-state index is 0.0140. The summed E-state index contributed by atoms with van der Waals surface area (Å²) in [5, 5.41) is 0. The van der Waals surface area contributed by atoms with E-state index in [2.05, 4.69) is 20.9 Å². The number of aromatic nitrogens is 2. The Labute approximate surface area is 206 Å². The molecule has 1 aromatic heterocycles. The summed E-state index contributed by atoms with van der Waals surface area (Å²) in [4.78, 5) is 35.1. The van der Waals surface area contributed by atoms with Crippen LogP contribution in [0.5, 0.6) is 0 Å². The fraction of sp³-hybridized carbons (Fsp3) is 0.148. The first kappa shape index (κ1) is 22.1. The lowest BCUT2D eigenvalue weighted by Gasteiger charge is -2.24. The maximum Gasteiger partial charge on any atom is 0.277 e. The first-order valence-electron chi connectivity index (χ1n) is 11.1. The smallest absolute Gasteiger partial charge is 0.277 e. The average Bonchev–Trinajstić information content (AvgIpc) is 3.14. The number of rotatable bonds is 6. The van der Waals surface area contributed by atoms with Crippen LogP contribution >= 0.6 is 15.9 Å². The van der Waals surface area contributed by atoms with Gasteiger partial charge in [0.2, 0.25) is 5.91 Å². The Kier molecular flexibility index (Phi) is 6.27. The number of imidazole rings is 1. The number of anilines is 1. The van der Waals surface area contributed by atoms with Crippen LogP contribution in [0.2, 0.25) is 0 Å². The highest BCUT2D eigenvalue weighted by Crippen LogP contribution is 2.32. The molecule has 1 aliphatic rings. The van der Waals surface area contributed by atoms with Crippen molar-refractivity contribution in [1.29, 1.82) is 0 Å². The van der Waals surface area contributed by atoms with Gasteiger partial charge in [-0.1, -0.05) is 91.0 Å². The number of carbonyl (C=O) groups is 2. The lowest BCUT2D eigenvalue weighted by molar-refractivity contribution is -0.119. The predicted octanol–water partition coefficient (Wildman–Crippen LogP) is 4.88. The molecule has 0 N–H and O–H groups in total. The zero-order chi connectivity index (χ0) is 23.5. The quantitative estimate of drug-likeness (QED) is 0.368. The summed E-state index contributed by atoms with van der Waals surface area (Å²) in [6, 6.07) is 29.4. The number of amides is 2. The molecule has 0 spiro atoms. The molecule has 0 radical (unpaired) electrons. The number of benzene rings is 3. The van der Waals surface area contributed by atoms with Crippen molar-refractivity contribution in [3.05, 3.63) is 118 Å². The van der Waals surface area contributed by atoms with E-state index in [-0.39, 0.29) is 24.1 Å². The third-order valence-electron chi connectivity index (χ3n) is 5.85. The van der Waals surface area contributed by atoms with Gasteiger partial charge in [-0.15, -0.1) is 0 Å². The van der Waals surface area contributed by atoms with E-state index in [1.165, 1.54) is 0 Å². The molecule has 34 heavy (non-hydrogen) atoms. The molecule has 0 fully saturated rings. The Bertz CT molecular complexity index is 1310. The number of hydrogen-bond donors (Lipinski definition) is 0. The molecular formula is C27H23BrN4O2. The van der Waals surface area contributed by atoms with Gasteiger partial charge in [0.15, 0.2) is 10.4 Å². The fourth-order valence-corrected chi connectivity index (χ4v) is 4.66. The zero-order valence-corrected chi connectivity index (χ0v) is 20.1. The maximum absolute atomic E-state index is 13.7. The van der Waals surface area contributed by atoms with Crippen LogP contribution in [0.25, 0.3) is 0 Å². The number of carbonyl (C=O) groups excluding carboxylic acids is 2. The Hall–Kier alpha value is -3.71. The van der Waals surface area contributed by atoms with Crippen LogP contribution in [0.4, 0.5) is 5.82 Å². The van der Waals surface area contributed by atoms with Gasteiger partial charge in [-0.3, -0.25) is 19.1 Å². The molecule has 3 aromatic carbocycles. The van der Waals surface area contributed by atoms with Crippen molar-refractivity contribution in [1.82, 2.24) is 14.5 Å². The fourth-order valence-electron chi connectivity index (χ4n) is 4.19. The van der Waals surface area contributed by atoms with Gasteiger partial charge in [-0.05, 0) is 32.6 Å². The normalized spacial score (nSPS) is 13.7. The highest BCUT2D eigenvalue weighted by atomic mass is 79.9. The van der Waals surface area contributed by atoms with Crippen LogP contribution in [0, 0.1) is 0 Å². The van der Waals surface area contributed by atoms with Crippen LogP contribution in [-0.2, 0) is 24.4 Å². The second-order valence-electron chi connectivity index (χ2n) is 8.24. The summed E-state index contributed by atoms with van der Waals surface area (Å²) in [5.74, 6) is 0.119. The molecule has 5 rings (SSSR count). The first-order chi connectivity index (χ1) is 16.6. The molecule has 0 unspecified atom stereocenters. The maximum atomic E-state index is 13.7. The van der Waals surface area contributed by atoms with Gasteiger partial charge >= 0.3 is 0 Å². The van der Waals surface area contributed by atoms with Crippen molar-refractivity contribution >= 4 is 33.6 Å². The molecule has 0 aliphatic carbocycles. The summed E-state index contributed by atoms with van der Waals surface area (Å²) < 4.78 is 2.41. The van der Waals surface area contributed by atoms with Crippen molar-refractivity contribution in [3.8, 4) is 0 Å². The van der Waals surface area contributed by atoms with Crippen LogP contribution in [0.3, 0.4) is 0 Å². The van der Waals surface area contributed by atoms with Crippen LogP contribution in [-0.4, -0.2) is 32.8 Å². The molecule has 0 saturated carbocycles. The van der Waals surface area contributed by atoms with Gasteiger partial charge in [-0.25, -0.2) is 4.98 Å². The molecule has 7 heteroatoms. The topological polar surface area (TPSA) is 58.4 Å². The van der Waals surface area contributed by atoms with E-state index in [0.717, 1.165) is 16.7 Å². The van der Waals surface area contributed by atoms with E-state index in [4.69, 9.17) is 0 Å². The standard InChI is InChI=1S/C27H23BrN4O2/c28-27-29-24-25(32(27)18-22-14-8-3-9-15-22)31(17-21-12-6-2-7-13-21)23(33)19-30(26(24)34)16-20-10-4-1-5-11-20/h1-15H,16-19H2. The van der Waals surface area contributed by atoms with Crippen LogP contribution in [0.15, 0.2) is 95.7 Å². The second kappa shape index (κ2) is 9.65. The summed E-state index contributed by atoms with van der Waals surface area (Å²) >= 11 is 3.55. The average molecular weight is 515 g/mol. The van der Waals surface area contributed by atoms with E-state index in [1.54, 1.807) is 9.80 Å². The SMILES string of the molecule is O=C1c2nc(Br)n(Cc3ccccc3)c2N(Cc2ccccc2)C(=O)CN1Cc1ccccc1. The number of fused-ring (bicyclic) bond motifs is 1. The Morgan fingerprint density at radius 2 is 1.21 bits per heavy atom.